The van der Waals surface area contributed by atoms with Gasteiger partial charge in [0.2, 0.25) is 0 Å². The molecule has 38 heavy (non-hydrogen) atoms. The monoisotopic (exact) mass is 488 g/mol. The summed E-state index contributed by atoms with van der Waals surface area (Å²) in [6.45, 7) is 0. The first kappa shape index (κ1) is 22.1. The van der Waals surface area contributed by atoms with Crippen LogP contribution in [0.25, 0.3) is 22.8 Å². The molecule has 0 N–H and O–H groups in total. The lowest BCUT2D eigenvalue weighted by molar-refractivity contribution is 0.584. The topological polar surface area (TPSA) is 0 Å². The van der Waals surface area contributed by atoms with Crippen LogP contribution in [0.4, 0.5) is 0 Å². The van der Waals surface area contributed by atoms with Crippen LogP contribution in [0.5, 0.6) is 0 Å². The van der Waals surface area contributed by atoms with Gasteiger partial charge < -0.3 is 0 Å². The Morgan fingerprint density at radius 3 is 2.05 bits per heavy atom. The molecule has 6 aliphatic rings. The van der Waals surface area contributed by atoms with Gasteiger partial charge in [0.15, 0.2) is 0 Å². The quantitative estimate of drug-likeness (QED) is 0.507. The van der Waals surface area contributed by atoms with Crippen molar-refractivity contribution < 1.29 is 0 Å². The van der Waals surface area contributed by atoms with Gasteiger partial charge in [-0.1, -0.05) is 121 Å². The average Bonchev–Trinajstić information content (AvgIpc) is 2.99. The highest BCUT2D eigenvalue weighted by Crippen LogP contribution is 2.49. The van der Waals surface area contributed by atoms with Crippen molar-refractivity contribution in [2.45, 2.75) is 25.7 Å². The van der Waals surface area contributed by atoms with Crippen molar-refractivity contribution in [3.05, 3.63) is 153 Å². The molecule has 6 aliphatic carbocycles. The number of fused-ring (bicyclic) bond motifs is 5. The number of benzene rings is 2. The minimum Gasteiger partial charge on any atom is -0.0839 e. The molecule has 8 rings (SSSR count). The van der Waals surface area contributed by atoms with Crippen molar-refractivity contribution in [2.75, 3.05) is 0 Å². The smallest absolute Gasteiger partial charge is 0.0134 e. The highest BCUT2D eigenvalue weighted by molar-refractivity contribution is 5.94. The van der Waals surface area contributed by atoms with Gasteiger partial charge in [0.05, 0.1) is 0 Å². The van der Waals surface area contributed by atoms with Gasteiger partial charge in [-0.05, 0) is 80.0 Å². The predicted octanol–water partition coefficient (Wildman–Crippen LogP) is 5.73. The van der Waals surface area contributed by atoms with E-state index in [2.05, 4.69) is 121 Å². The van der Waals surface area contributed by atoms with E-state index in [4.69, 9.17) is 0 Å². The second-order valence-corrected chi connectivity index (χ2v) is 11.3. The van der Waals surface area contributed by atoms with Gasteiger partial charge in [0.25, 0.3) is 0 Å². The summed E-state index contributed by atoms with van der Waals surface area (Å²) in [4.78, 5) is 0. The van der Waals surface area contributed by atoms with E-state index in [0.717, 1.165) is 25.7 Å². The van der Waals surface area contributed by atoms with Crippen LogP contribution in [0, 0.1) is 23.7 Å². The van der Waals surface area contributed by atoms with Crippen LogP contribution in [0.1, 0.15) is 25.7 Å². The average molecular weight is 489 g/mol. The Balaban J connectivity index is 1.48. The Bertz CT molecular complexity index is 1830. The molecule has 2 aromatic carbocycles. The van der Waals surface area contributed by atoms with E-state index in [-0.39, 0.29) is 0 Å². The maximum Gasteiger partial charge on any atom is 0.0134 e. The van der Waals surface area contributed by atoms with Crippen LogP contribution in [-0.2, 0) is 0 Å². The molecule has 0 bridgehead atoms. The summed E-state index contributed by atoms with van der Waals surface area (Å²) < 4.78 is 0. The second kappa shape index (κ2) is 8.84. The van der Waals surface area contributed by atoms with E-state index in [9.17, 15) is 0 Å². The van der Waals surface area contributed by atoms with Crippen molar-refractivity contribution in [3.63, 3.8) is 0 Å². The van der Waals surface area contributed by atoms with Crippen LogP contribution < -0.4 is 20.9 Å². The molecule has 0 aromatic heterocycles. The first-order valence-corrected chi connectivity index (χ1v) is 14.3. The van der Waals surface area contributed by atoms with Gasteiger partial charge in [-0.15, -0.1) is 0 Å². The number of hydrogen-bond donors (Lipinski definition) is 0. The molecule has 4 unspecified atom stereocenters. The minimum atomic E-state index is 0.350. The molecule has 184 valence electrons. The first-order chi connectivity index (χ1) is 18.9. The predicted molar refractivity (Wildman–Crippen MR) is 159 cm³/mol. The summed E-state index contributed by atoms with van der Waals surface area (Å²) in [7, 11) is 0. The SMILES string of the molecule is C1=CC2C(C3=c4ccccc4=C(C4=c5ccccc5=CCC4)C4C=CC=CC34)=CC3=C(C=CCC3)C2C=C1. The van der Waals surface area contributed by atoms with Crippen LogP contribution in [0.15, 0.2) is 132 Å². The van der Waals surface area contributed by atoms with Crippen molar-refractivity contribution in [3.8, 4) is 0 Å². The van der Waals surface area contributed by atoms with E-state index in [1.165, 1.54) is 32.0 Å². The fourth-order valence-electron chi connectivity index (χ4n) is 7.84. The molecule has 0 heteroatoms. The molecule has 0 saturated carbocycles. The van der Waals surface area contributed by atoms with E-state index in [1.807, 2.05) is 0 Å². The maximum absolute atomic E-state index is 2.59. The Labute approximate surface area is 224 Å². The maximum atomic E-state index is 2.59. The molecule has 0 aliphatic heterocycles. The van der Waals surface area contributed by atoms with Crippen molar-refractivity contribution in [1.29, 1.82) is 0 Å². The standard InChI is InChI=1S/C38H32/c1-3-15-27-25(12-1)14-11-23-31(27)37-32-19-7-9-21-34(32)38(35-22-10-8-20-33(35)37)36-24-26-13-2-4-16-28(26)29-17-5-6-18-30(29)36/h1,3-10,12,14-22,24,29-30,32,34H,2,11,13,23H2. The van der Waals surface area contributed by atoms with Gasteiger partial charge in [0, 0.05) is 23.7 Å². The third kappa shape index (κ3) is 3.29. The van der Waals surface area contributed by atoms with Gasteiger partial charge in [-0.2, -0.15) is 0 Å². The summed E-state index contributed by atoms with van der Waals surface area (Å²) in [6, 6.07) is 18.3. The van der Waals surface area contributed by atoms with E-state index in [0.29, 0.717) is 23.7 Å². The number of rotatable bonds is 2. The van der Waals surface area contributed by atoms with Gasteiger partial charge in [0.1, 0.15) is 0 Å². The van der Waals surface area contributed by atoms with Crippen molar-refractivity contribution >= 4 is 22.8 Å². The fourth-order valence-corrected chi connectivity index (χ4v) is 7.84. The molecular formula is C38H32. The Kier molecular flexibility index (Phi) is 5.15. The molecule has 4 atom stereocenters. The number of hydrogen-bond acceptors (Lipinski definition) is 0. The molecule has 0 amide bonds. The van der Waals surface area contributed by atoms with E-state index < -0.39 is 0 Å². The van der Waals surface area contributed by atoms with Gasteiger partial charge in [-0.25, -0.2) is 0 Å². The Morgan fingerprint density at radius 2 is 1.24 bits per heavy atom. The van der Waals surface area contributed by atoms with Crippen LogP contribution in [0.3, 0.4) is 0 Å². The summed E-state index contributed by atoms with van der Waals surface area (Å²) in [5.74, 6) is 1.54. The molecule has 0 spiro atoms. The molecule has 0 fully saturated rings. The molecular weight excluding hydrogens is 456 g/mol. The minimum absolute atomic E-state index is 0.350. The van der Waals surface area contributed by atoms with E-state index >= 15 is 0 Å². The fraction of sp³-hybridized carbons (Fsp3) is 0.211. The molecule has 0 heterocycles. The third-order valence-corrected chi connectivity index (χ3v) is 9.42. The Morgan fingerprint density at radius 1 is 0.579 bits per heavy atom. The van der Waals surface area contributed by atoms with E-state index in [1.54, 1.807) is 22.3 Å². The zero-order valence-electron chi connectivity index (χ0n) is 21.7. The molecule has 0 radical (unpaired) electrons. The molecule has 0 saturated heterocycles. The highest BCUT2D eigenvalue weighted by Gasteiger charge is 2.39. The lowest BCUT2D eigenvalue weighted by Gasteiger charge is -2.40. The Hall–Kier alpha value is -3.90. The van der Waals surface area contributed by atoms with Gasteiger partial charge in [-0.3, -0.25) is 0 Å². The normalized spacial score (nSPS) is 28.2. The zero-order valence-corrected chi connectivity index (χ0v) is 21.7. The first-order valence-electron chi connectivity index (χ1n) is 14.3. The van der Waals surface area contributed by atoms with Crippen molar-refractivity contribution in [2.24, 2.45) is 23.7 Å². The lowest BCUT2D eigenvalue weighted by Crippen LogP contribution is -2.43. The zero-order chi connectivity index (χ0) is 25.1. The molecule has 0 nitrogen and oxygen atoms in total. The summed E-state index contributed by atoms with van der Waals surface area (Å²) in [5, 5.41) is 5.69. The summed E-state index contributed by atoms with van der Waals surface area (Å²) in [5.41, 5.74) is 9.24. The summed E-state index contributed by atoms with van der Waals surface area (Å²) >= 11 is 0. The second-order valence-electron chi connectivity index (χ2n) is 11.3. The summed E-state index contributed by atoms with van der Waals surface area (Å²) in [6.07, 6.45) is 33.2. The van der Waals surface area contributed by atoms with Crippen molar-refractivity contribution in [1.82, 2.24) is 0 Å². The van der Waals surface area contributed by atoms with Crippen LogP contribution in [0.2, 0.25) is 0 Å². The molecule has 2 aromatic rings. The van der Waals surface area contributed by atoms with Crippen LogP contribution in [-0.4, -0.2) is 0 Å². The lowest BCUT2D eigenvalue weighted by atomic mass is 9.63. The van der Waals surface area contributed by atoms with Gasteiger partial charge >= 0.3 is 0 Å². The third-order valence-electron chi connectivity index (χ3n) is 9.42. The number of allylic oxidation sites excluding steroid dienone is 14. The highest BCUT2D eigenvalue weighted by atomic mass is 14.4. The van der Waals surface area contributed by atoms with Crippen LogP contribution >= 0.6 is 0 Å². The largest absolute Gasteiger partial charge is 0.0839 e.